The molecule has 0 radical (unpaired) electrons. The van der Waals surface area contributed by atoms with Gasteiger partial charge >= 0.3 is 0 Å². The van der Waals surface area contributed by atoms with Gasteiger partial charge < -0.3 is 5.32 Å². The lowest BCUT2D eigenvalue weighted by atomic mass is 10.1. The van der Waals surface area contributed by atoms with Crippen molar-refractivity contribution < 1.29 is 4.79 Å². The fourth-order valence-corrected chi connectivity index (χ4v) is 3.34. The van der Waals surface area contributed by atoms with Gasteiger partial charge in [-0.05, 0) is 30.7 Å². The van der Waals surface area contributed by atoms with E-state index < -0.39 is 0 Å². The van der Waals surface area contributed by atoms with Gasteiger partial charge in [0.05, 0.1) is 4.88 Å². The molecule has 2 nitrogen and oxygen atoms in total. The predicted molar refractivity (Wildman–Crippen MR) is 70.4 cm³/mol. The molecule has 1 aliphatic rings. The summed E-state index contributed by atoms with van der Waals surface area (Å²) < 4.78 is 0. The van der Waals surface area contributed by atoms with Gasteiger partial charge in [0.25, 0.3) is 5.91 Å². The highest BCUT2D eigenvalue weighted by atomic mass is 32.1. The Hall–Kier alpha value is -0.480. The summed E-state index contributed by atoms with van der Waals surface area (Å²) in [4.78, 5) is 13.4. The summed E-state index contributed by atoms with van der Waals surface area (Å²) in [5.74, 6) is 1.55. The molecule has 1 amide bonds. The lowest BCUT2D eigenvalue weighted by molar-refractivity contribution is 0.0951. The lowest BCUT2D eigenvalue weighted by Crippen LogP contribution is -2.27. The van der Waals surface area contributed by atoms with Crippen molar-refractivity contribution in [1.82, 2.24) is 5.32 Å². The van der Waals surface area contributed by atoms with Crippen LogP contribution in [0.5, 0.6) is 0 Å². The Morgan fingerprint density at radius 1 is 1.62 bits per heavy atom. The zero-order valence-corrected chi connectivity index (χ0v) is 11.1. The zero-order chi connectivity index (χ0) is 11.5. The van der Waals surface area contributed by atoms with Crippen molar-refractivity contribution in [2.45, 2.75) is 31.1 Å². The highest BCUT2D eigenvalue weighted by molar-refractivity contribution is 7.80. The molecule has 1 N–H and O–H groups in total. The van der Waals surface area contributed by atoms with Crippen molar-refractivity contribution >= 4 is 29.9 Å². The first kappa shape index (κ1) is 12.0. The van der Waals surface area contributed by atoms with Crippen molar-refractivity contribution in [2.24, 2.45) is 11.8 Å². The number of thiophene rings is 1. The molecule has 1 aromatic rings. The molecule has 2 unspecified atom stereocenters. The SMILES string of the molecule is CC1CCC(CNC(=O)c2cc(S)cs2)C1. The van der Waals surface area contributed by atoms with Crippen LogP contribution in [0.3, 0.4) is 0 Å². The largest absolute Gasteiger partial charge is 0.351 e. The van der Waals surface area contributed by atoms with Crippen molar-refractivity contribution in [3.63, 3.8) is 0 Å². The van der Waals surface area contributed by atoms with Crippen LogP contribution in [-0.4, -0.2) is 12.5 Å². The van der Waals surface area contributed by atoms with Gasteiger partial charge in [0.1, 0.15) is 0 Å². The van der Waals surface area contributed by atoms with Gasteiger partial charge in [-0.3, -0.25) is 4.79 Å². The lowest BCUT2D eigenvalue weighted by Gasteiger charge is -2.10. The number of nitrogens with one attached hydrogen (secondary N) is 1. The molecule has 0 bridgehead atoms. The quantitative estimate of drug-likeness (QED) is 0.798. The Bertz CT molecular complexity index is 375. The van der Waals surface area contributed by atoms with Crippen LogP contribution in [0, 0.1) is 11.8 Å². The molecular formula is C12H17NOS2. The van der Waals surface area contributed by atoms with Crippen LogP contribution in [0.25, 0.3) is 0 Å². The molecular weight excluding hydrogens is 238 g/mol. The minimum absolute atomic E-state index is 0.0462. The standard InChI is InChI=1S/C12H17NOS2/c1-8-2-3-9(4-8)6-13-12(14)11-5-10(15)7-16-11/h5,7-9,15H,2-4,6H2,1H3,(H,13,14). The number of amides is 1. The minimum atomic E-state index is 0.0462. The maximum absolute atomic E-state index is 11.8. The molecule has 0 aliphatic heterocycles. The summed E-state index contributed by atoms with van der Waals surface area (Å²) in [5.41, 5.74) is 0. The second-order valence-electron chi connectivity index (χ2n) is 4.66. The van der Waals surface area contributed by atoms with Gasteiger partial charge in [-0.25, -0.2) is 0 Å². The smallest absolute Gasteiger partial charge is 0.261 e. The molecule has 1 aliphatic carbocycles. The van der Waals surface area contributed by atoms with Crippen LogP contribution in [0.15, 0.2) is 16.3 Å². The van der Waals surface area contributed by atoms with E-state index in [-0.39, 0.29) is 5.91 Å². The average molecular weight is 255 g/mol. The molecule has 1 saturated carbocycles. The number of hydrogen-bond donors (Lipinski definition) is 2. The van der Waals surface area contributed by atoms with Crippen LogP contribution in [0.2, 0.25) is 0 Å². The molecule has 1 heterocycles. The number of hydrogen-bond acceptors (Lipinski definition) is 3. The Balaban J connectivity index is 1.80. The molecule has 4 heteroatoms. The van der Waals surface area contributed by atoms with E-state index in [1.807, 2.05) is 11.4 Å². The van der Waals surface area contributed by atoms with Crippen LogP contribution >= 0.6 is 24.0 Å². The highest BCUT2D eigenvalue weighted by Gasteiger charge is 2.21. The Morgan fingerprint density at radius 3 is 3.00 bits per heavy atom. The van der Waals surface area contributed by atoms with E-state index in [0.717, 1.165) is 22.2 Å². The molecule has 16 heavy (non-hydrogen) atoms. The number of carbonyl (C=O) groups excluding carboxylic acids is 1. The zero-order valence-electron chi connectivity index (χ0n) is 9.40. The number of thiol groups is 1. The third kappa shape index (κ3) is 3.01. The molecule has 1 aromatic heterocycles. The van der Waals surface area contributed by atoms with E-state index in [4.69, 9.17) is 0 Å². The molecule has 88 valence electrons. The fourth-order valence-electron chi connectivity index (χ4n) is 2.28. The predicted octanol–water partition coefficient (Wildman–Crippen LogP) is 3.20. The van der Waals surface area contributed by atoms with Crippen LogP contribution in [0.1, 0.15) is 35.9 Å². The third-order valence-electron chi connectivity index (χ3n) is 3.16. The molecule has 2 rings (SSSR count). The molecule has 0 spiro atoms. The summed E-state index contributed by atoms with van der Waals surface area (Å²) in [7, 11) is 0. The van der Waals surface area contributed by atoms with Gasteiger partial charge in [-0.15, -0.1) is 24.0 Å². The third-order valence-corrected chi connectivity index (χ3v) is 4.53. The van der Waals surface area contributed by atoms with E-state index in [0.29, 0.717) is 5.92 Å². The van der Waals surface area contributed by atoms with Crippen LogP contribution in [-0.2, 0) is 0 Å². The summed E-state index contributed by atoms with van der Waals surface area (Å²) >= 11 is 5.65. The van der Waals surface area contributed by atoms with Crippen LogP contribution < -0.4 is 5.32 Å². The van der Waals surface area contributed by atoms with E-state index in [1.54, 1.807) is 0 Å². The van der Waals surface area contributed by atoms with E-state index in [2.05, 4.69) is 24.9 Å². The normalized spacial score (nSPS) is 24.6. The maximum Gasteiger partial charge on any atom is 0.261 e. The second-order valence-corrected chi connectivity index (χ2v) is 6.09. The first-order valence-electron chi connectivity index (χ1n) is 5.71. The minimum Gasteiger partial charge on any atom is -0.351 e. The van der Waals surface area contributed by atoms with Gasteiger partial charge in [0.2, 0.25) is 0 Å². The molecule has 0 aromatic carbocycles. The summed E-state index contributed by atoms with van der Waals surface area (Å²) in [6.45, 7) is 3.11. The van der Waals surface area contributed by atoms with Crippen molar-refractivity contribution in [2.75, 3.05) is 6.54 Å². The van der Waals surface area contributed by atoms with Crippen molar-refractivity contribution in [3.05, 3.63) is 16.3 Å². The van der Waals surface area contributed by atoms with Crippen molar-refractivity contribution in [1.29, 1.82) is 0 Å². The first-order valence-corrected chi connectivity index (χ1v) is 7.03. The Morgan fingerprint density at radius 2 is 2.44 bits per heavy atom. The number of rotatable bonds is 3. The summed E-state index contributed by atoms with van der Waals surface area (Å²) in [5, 5.41) is 4.90. The monoisotopic (exact) mass is 255 g/mol. The molecule has 2 atom stereocenters. The summed E-state index contributed by atoms with van der Waals surface area (Å²) in [6.07, 6.45) is 3.81. The molecule has 1 fully saturated rings. The maximum atomic E-state index is 11.8. The van der Waals surface area contributed by atoms with Gasteiger partial charge in [-0.2, -0.15) is 0 Å². The summed E-state index contributed by atoms with van der Waals surface area (Å²) in [6, 6.07) is 1.82. The highest BCUT2D eigenvalue weighted by Crippen LogP contribution is 2.29. The Kier molecular flexibility index (Phi) is 3.92. The van der Waals surface area contributed by atoms with Gasteiger partial charge in [0.15, 0.2) is 0 Å². The van der Waals surface area contributed by atoms with E-state index in [1.165, 1.54) is 30.6 Å². The van der Waals surface area contributed by atoms with Crippen LogP contribution in [0.4, 0.5) is 0 Å². The first-order chi connectivity index (χ1) is 7.65. The van der Waals surface area contributed by atoms with Gasteiger partial charge in [-0.1, -0.05) is 13.3 Å². The Labute approximate surface area is 106 Å². The van der Waals surface area contributed by atoms with Crippen molar-refractivity contribution in [3.8, 4) is 0 Å². The topological polar surface area (TPSA) is 29.1 Å². The molecule has 0 saturated heterocycles. The van der Waals surface area contributed by atoms with E-state index in [9.17, 15) is 4.79 Å². The van der Waals surface area contributed by atoms with E-state index >= 15 is 0 Å². The van der Waals surface area contributed by atoms with Gasteiger partial charge in [0, 0.05) is 16.8 Å². The fraction of sp³-hybridized carbons (Fsp3) is 0.583. The number of carbonyl (C=O) groups is 1. The second kappa shape index (κ2) is 5.23. The average Bonchev–Trinajstić information content (AvgIpc) is 2.84.